The molecule has 0 radical (unpaired) electrons. The lowest BCUT2D eigenvalue weighted by Gasteiger charge is -2.13. The smallest absolute Gasteiger partial charge is 0.319 e. The summed E-state index contributed by atoms with van der Waals surface area (Å²) in [6.07, 6.45) is 2.34. The average molecular weight is 359 g/mol. The van der Waals surface area contributed by atoms with Crippen LogP contribution in [0.4, 0.5) is 0 Å². The fourth-order valence-corrected chi connectivity index (χ4v) is 2.39. The Hall–Kier alpha value is -1.23. The molecule has 0 amide bonds. The summed E-state index contributed by atoms with van der Waals surface area (Å²) in [6, 6.07) is 5.78. The van der Waals surface area contributed by atoms with Gasteiger partial charge in [0.05, 0.1) is 20.3 Å². The molecule has 5 heteroatoms. The predicted molar refractivity (Wildman–Crippen MR) is 86.4 cm³/mol. The first-order valence-corrected chi connectivity index (χ1v) is 7.95. The lowest BCUT2D eigenvalue weighted by molar-refractivity contribution is -0.146. The Morgan fingerprint density at radius 1 is 1.24 bits per heavy atom. The highest BCUT2D eigenvalue weighted by atomic mass is 79.9. The van der Waals surface area contributed by atoms with Crippen LogP contribution < -0.4 is 9.47 Å². The van der Waals surface area contributed by atoms with Crippen LogP contribution in [0.3, 0.4) is 0 Å². The number of hydrogen-bond donors (Lipinski definition) is 0. The van der Waals surface area contributed by atoms with Crippen molar-refractivity contribution in [1.82, 2.24) is 0 Å². The number of hydrogen-bond acceptors (Lipinski definition) is 4. The summed E-state index contributed by atoms with van der Waals surface area (Å²) in [4.78, 5) is 11.4. The van der Waals surface area contributed by atoms with Crippen LogP contribution in [0.15, 0.2) is 18.2 Å². The topological polar surface area (TPSA) is 44.8 Å². The molecule has 0 aliphatic rings. The Balaban J connectivity index is 2.50. The van der Waals surface area contributed by atoms with Crippen LogP contribution in [0.2, 0.25) is 0 Å². The van der Waals surface area contributed by atoms with Gasteiger partial charge in [-0.2, -0.15) is 0 Å². The van der Waals surface area contributed by atoms with Crippen LogP contribution in [0.1, 0.15) is 32.3 Å². The van der Waals surface area contributed by atoms with Crippen LogP contribution in [0.5, 0.6) is 11.5 Å². The number of carbonyl (C=O) groups excluding carboxylic acids is 1. The molecule has 1 rings (SSSR count). The van der Waals surface area contributed by atoms with Crippen molar-refractivity contribution in [2.45, 2.75) is 44.0 Å². The minimum atomic E-state index is -0.260. The molecule has 0 aliphatic heterocycles. The van der Waals surface area contributed by atoms with Crippen LogP contribution in [0.25, 0.3) is 0 Å². The van der Waals surface area contributed by atoms with E-state index in [0.717, 1.165) is 36.3 Å². The van der Waals surface area contributed by atoms with Crippen molar-refractivity contribution in [2.24, 2.45) is 0 Å². The van der Waals surface area contributed by atoms with Gasteiger partial charge in [-0.25, -0.2) is 0 Å². The maximum atomic E-state index is 11.7. The summed E-state index contributed by atoms with van der Waals surface area (Å²) in [5.74, 6) is 1.38. The molecule has 4 nitrogen and oxygen atoms in total. The number of alkyl halides is 1. The monoisotopic (exact) mass is 358 g/mol. The summed E-state index contributed by atoms with van der Waals surface area (Å²) in [5, 5.41) is 0. The molecule has 1 aromatic carbocycles. The first kappa shape index (κ1) is 17.8. The molecule has 0 fully saturated rings. The quantitative estimate of drug-likeness (QED) is 0.524. The Morgan fingerprint density at radius 3 is 2.52 bits per heavy atom. The summed E-state index contributed by atoms with van der Waals surface area (Å²) in [6.45, 7) is 3.69. The average Bonchev–Trinajstić information content (AvgIpc) is 2.46. The van der Waals surface area contributed by atoms with E-state index in [1.54, 1.807) is 14.2 Å². The highest BCUT2D eigenvalue weighted by Crippen LogP contribution is 2.26. The summed E-state index contributed by atoms with van der Waals surface area (Å²) >= 11 is 3.38. The zero-order valence-electron chi connectivity index (χ0n) is 13.0. The van der Waals surface area contributed by atoms with E-state index in [2.05, 4.69) is 15.9 Å². The molecule has 118 valence electrons. The van der Waals surface area contributed by atoms with E-state index in [4.69, 9.17) is 14.2 Å². The molecule has 0 aromatic heterocycles. The van der Waals surface area contributed by atoms with Gasteiger partial charge in [-0.15, -0.1) is 0 Å². The van der Waals surface area contributed by atoms with Crippen molar-refractivity contribution in [3.05, 3.63) is 23.8 Å². The second-order valence-corrected chi connectivity index (χ2v) is 6.13. The van der Waals surface area contributed by atoms with Crippen LogP contribution in [0, 0.1) is 0 Å². The molecule has 1 unspecified atom stereocenters. The van der Waals surface area contributed by atoms with E-state index >= 15 is 0 Å². The normalized spacial score (nSPS) is 12.1. The first-order chi connectivity index (χ1) is 9.97. The number of ether oxygens (including phenoxy) is 3. The third kappa shape index (κ3) is 5.96. The Morgan fingerprint density at radius 2 is 1.95 bits per heavy atom. The molecule has 0 heterocycles. The van der Waals surface area contributed by atoms with Gasteiger partial charge >= 0.3 is 5.97 Å². The van der Waals surface area contributed by atoms with Crippen LogP contribution in [-0.4, -0.2) is 31.1 Å². The molecular formula is C16H23BrO4. The van der Waals surface area contributed by atoms with Gasteiger partial charge in [0, 0.05) is 6.07 Å². The van der Waals surface area contributed by atoms with Crippen LogP contribution >= 0.6 is 15.9 Å². The third-order valence-electron chi connectivity index (χ3n) is 3.01. The summed E-state index contributed by atoms with van der Waals surface area (Å²) in [7, 11) is 3.27. The summed E-state index contributed by atoms with van der Waals surface area (Å²) in [5.41, 5.74) is 1.11. The maximum absolute atomic E-state index is 11.7. The molecule has 0 N–H and O–H groups in total. The second kappa shape index (κ2) is 8.93. The fourth-order valence-electron chi connectivity index (χ4n) is 1.95. The Kier molecular flexibility index (Phi) is 7.57. The third-order valence-corrected chi connectivity index (χ3v) is 3.84. The second-order valence-electron chi connectivity index (χ2n) is 5.02. The molecule has 0 saturated heterocycles. The zero-order valence-corrected chi connectivity index (χ0v) is 14.6. The Labute approximate surface area is 134 Å². The van der Waals surface area contributed by atoms with E-state index in [-0.39, 0.29) is 16.9 Å². The minimum absolute atomic E-state index is 0.0840. The van der Waals surface area contributed by atoms with Crippen molar-refractivity contribution < 1.29 is 19.0 Å². The van der Waals surface area contributed by atoms with Crippen molar-refractivity contribution >= 4 is 21.9 Å². The van der Waals surface area contributed by atoms with Gasteiger partial charge in [0.15, 0.2) is 0 Å². The molecule has 21 heavy (non-hydrogen) atoms. The predicted octanol–water partition coefficient (Wildman–Crippen LogP) is 3.74. The van der Waals surface area contributed by atoms with Gasteiger partial charge in [-0.05, 0) is 44.7 Å². The molecule has 0 aliphatic carbocycles. The number of esters is 1. The van der Waals surface area contributed by atoms with Gasteiger partial charge < -0.3 is 14.2 Å². The van der Waals surface area contributed by atoms with E-state index in [0.29, 0.717) is 0 Å². The highest BCUT2D eigenvalue weighted by molar-refractivity contribution is 9.10. The number of methoxy groups -OCH3 is 2. The lowest BCUT2D eigenvalue weighted by Crippen LogP contribution is -2.21. The van der Waals surface area contributed by atoms with Crippen molar-refractivity contribution in [2.75, 3.05) is 14.2 Å². The van der Waals surface area contributed by atoms with Crippen molar-refractivity contribution in [3.63, 3.8) is 0 Å². The standard InChI is InChI=1S/C16H23BrO4/c1-11(2)21-16(18)14(17)7-5-6-12-8-9-13(19-3)10-15(12)20-4/h8-11,14H,5-7H2,1-4H3. The largest absolute Gasteiger partial charge is 0.497 e. The van der Waals surface area contributed by atoms with Gasteiger partial charge in [0.1, 0.15) is 16.3 Å². The molecule has 1 atom stereocenters. The molecule has 0 bridgehead atoms. The number of carbonyl (C=O) groups is 1. The van der Waals surface area contributed by atoms with Crippen molar-refractivity contribution in [1.29, 1.82) is 0 Å². The van der Waals surface area contributed by atoms with Crippen molar-refractivity contribution in [3.8, 4) is 11.5 Å². The summed E-state index contributed by atoms with van der Waals surface area (Å²) < 4.78 is 15.7. The molecule has 0 spiro atoms. The number of benzene rings is 1. The molecule has 0 saturated carbocycles. The lowest BCUT2D eigenvalue weighted by atomic mass is 10.1. The van der Waals surface area contributed by atoms with Gasteiger partial charge in [0.2, 0.25) is 0 Å². The first-order valence-electron chi connectivity index (χ1n) is 7.03. The molecular weight excluding hydrogens is 336 g/mol. The van der Waals surface area contributed by atoms with Gasteiger partial charge in [0.25, 0.3) is 0 Å². The van der Waals surface area contributed by atoms with Crippen LogP contribution in [-0.2, 0) is 16.0 Å². The van der Waals surface area contributed by atoms with E-state index in [1.165, 1.54) is 0 Å². The van der Waals surface area contributed by atoms with E-state index < -0.39 is 0 Å². The van der Waals surface area contributed by atoms with Gasteiger partial charge in [-0.1, -0.05) is 22.0 Å². The highest BCUT2D eigenvalue weighted by Gasteiger charge is 2.17. The SMILES string of the molecule is COc1ccc(CCCC(Br)C(=O)OC(C)C)c(OC)c1. The number of rotatable bonds is 8. The Bertz CT molecular complexity index is 460. The zero-order chi connectivity index (χ0) is 15.8. The maximum Gasteiger partial charge on any atom is 0.319 e. The van der Waals surface area contributed by atoms with Gasteiger partial charge in [-0.3, -0.25) is 4.79 Å². The minimum Gasteiger partial charge on any atom is -0.497 e. The number of aryl methyl sites for hydroxylation is 1. The van der Waals surface area contributed by atoms with E-state index in [9.17, 15) is 4.79 Å². The molecule has 1 aromatic rings. The number of halogens is 1. The van der Waals surface area contributed by atoms with E-state index in [1.807, 2.05) is 32.0 Å². The fraction of sp³-hybridized carbons (Fsp3) is 0.562.